The van der Waals surface area contributed by atoms with Gasteiger partial charge in [0.05, 0.1) is 12.3 Å². The lowest BCUT2D eigenvalue weighted by atomic mass is 10.2. The highest BCUT2D eigenvalue weighted by molar-refractivity contribution is 9.10. The molecule has 128 valence electrons. The van der Waals surface area contributed by atoms with Gasteiger partial charge in [0, 0.05) is 10.2 Å². The third kappa shape index (κ3) is 4.34. The van der Waals surface area contributed by atoms with Gasteiger partial charge in [0.1, 0.15) is 4.92 Å². The second-order valence-electron chi connectivity index (χ2n) is 4.93. The van der Waals surface area contributed by atoms with Gasteiger partial charge in [0.2, 0.25) is 5.16 Å². The minimum atomic E-state index is -0.596. The summed E-state index contributed by atoms with van der Waals surface area (Å²) in [5.74, 6) is 1.28. The number of aromatic nitrogens is 3. The van der Waals surface area contributed by atoms with Crippen LogP contribution in [0.2, 0.25) is 0 Å². The number of halogens is 1. The molecule has 1 aromatic carbocycles. The van der Waals surface area contributed by atoms with Crippen molar-refractivity contribution in [3.63, 3.8) is 0 Å². The van der Waals surface area contributed by atoms with Crippen LogP contribution in [0.15, 0.2) is 55.5 Å². The van der Waals surface area contributed by atoms with Crippen LogP contribution in [-0.4, -0.2) is 26.0 Å². The fourth-order valence-electron chi connectivity index (χ4n) is 1.91. The molecule has 3 aromatic rings. The molecule has 10 heteroatoms. The summed E-state index contributed by atoms with van der Waals surface area (Å²) in [6.07, 6.45) is 1.40. The molecule has 0 aliphatic heterocycles. The summed E-state index contributed by atoms with van der Waals surface area (Å²) in [6, 6.07) is 10.8. The van der Waals surface area contributed by atoms with Gasteiger partial charge in [-0.25, -0.2) is 0 Å². The zero-order valence-corrected chi connectivity index (χ0v) is 15.4. The largest absolute Gasteiger partial charge is 0.433 e. The molecule has 0 bridgehead atoms. The number of rotatable bonds is 6. The van der Waals surface area contributed by atoms with Gasteiger partial charge in [-0.15, -0.1) is 10.2 Å². The maximum absolute atomic E-state index is 10.6. The normalized spacial score (nSPS) is 11.3. The Morgan fingerprint density at radius 3 is 2.76 bits per heavy atom. The van der Waals surface area contributed by atoms with Gasteiger partial charge in [0.25, 0.3) is 0 Å². The van der Waals surface area contributed by atoms with E-state index < -0.39 is 4.92 Å². The van der Waals surface area contributed by atoms with Gasteiger partial charge < -0.3 is 4.42 Å². The minimum absolute atomic E-state index is 0.281. The quantitative estimate of drug-likeness (QED) is 0.258. The van der Waals surface area contributed by atoms with Gasteiger partial charge in [-0.05, 0) is 30.7 Å². The Kier molecular flexibility index (Phi) is 5.29. The molecule has 0 saturated heterocycles. The van der Waals surface area contributed by atoms with E-state index in [0.717, 1.165) is 10.0 Å². The molecule has 25 heavy (non-hydrogen) atoms. The molecule has 0 unspecified atom stereocenters. The van der Waals surface area contributed by atoms with Crippen LogP contribution in [0.25, 0.3) is 0 Å². The molecule has 2 heterocycles. The topological polar surface area (TPSA) is 99.3 Å². The molecule has 2 aromatic heterocycles. The second-order valence-corrected chi connectivity index (χ2v) is 6.79. The molecule has 0 saturated carbocycles. The minimum Gasteiger partial charge on any atom is -0.400 e. The predicted molar refractivity (Wildman–Crippen MR) is 96.8 cm³/mol. The van der Waals surface area contributed by atoms with Crippen molar-refractivity contribution in [2.45, 2.75) is 17.8 Å². The van der Waals surface area contributed by atoms with Crippen molar-refractivity contribution in [1.29, 1.82) is 0 Å². The first kappa shape index (κ1) is 17.4. The molecule has 3 rings (SSSR count). The summed E-state index contributed by atoms with van der Waals surface area (Å²) >= 11 is 4.90. The highest BCUT2D eigenvalue weighted by Gasteiger charge is 2.12. The molecule has 0 amide bonds. The fourth-order valence-corrected chi connectivity index (χ4v) is 3.07. The van der Waals surface area contributed by atoms with Crippen molar-refractivity contribution in [2.24, 2.45) is 5.10 Å². The van der Waals surface area contributed by atoms with E-state index in [4.69, 9.17) is 4.42 Å². The van der Waals surface area contributed by atoms with Crippen molar-refractivity contribution in [3.05, 3.63) is 68.1 Å². The Hall–Kier alpha value is -2.46. The molecular formula is C15H12BrN5O3S. The number of nitrogens with zero attached hydrogens (tertiary/aromatic N) is 5. The summed E-state index contributed by atoms with van der Waals surface area (Å²) in [6.45, 7) is 1.78. The first-order valence-electron chi connectivity index (χ1n) is 7.11. The molecule has 0 fully saturated rings. The second kappa shape index (κ2) is 7.62. The maximum atomic E-state index is 10.6. The fraction of sp³-hybridized carbons (Fsp3) is 0.133. The Labute approximate surface area is 155 Å². The average molecular weight is 422 g/mol. The summed E-state index contributed by atoms with van der Waals surface area (Å²) in [4.78, 5) is 10.0. The Bertz CT molecular complexity index is 920. The van der Waals surface area contributed by atoms with E-state index >= 15 is 0 Å². The van der Waals surface area contributed by atoms with Crippen molar-refractivity contribution in [1.82, 2.24) is 14.9 Å². The molecule has 0 aliphatic carbocycles. The molecule has 0 radical (unpaired) electrons. The highest BCUT2D eigenvalue weighted by atomic mass is 79.9. The van der Waals surface area contributed by atoms with Crippen LogP contribution in [0.1, 0.15) is 17.1 Å². The Balaban J connectivity index is 1.73. The van der Waals surface area contributed by atoms with Crippen LogP contribution >= 0.6 is 27.7 Å². The van der Waals surface area contributed by atoms with Gasteiger partial charge in [-0.1, -0.05) is 39.8 Å². The van der Waals surface area contributed by atoms with E-state index in [2.05, 4.69) is 31.2 Å². The van der Waals surface area contributed by atoms with Crippen molar-refractivity contribution in [3.8, 4) is 0 Å². The van der Waals surface area contributed by atoms with E-state index in [1.807, 2.05) is 24.3 Å². The number of nitro groups is 1. The number of aryl methyl sites for hydroxylation is 1. The first-order valence-corrected chi connectivity index (χ1v) is 8.88. The van der Waals surface area contributed by atoms with Crippen LogP contribution < -0.4 is 0 Å². The van der Waals surface area contributed by atoms with Crippen LogP contribution in [0.3, 0.4) is 0 Å². The predicted octanol–water partition coefficient (Wildman–Crippen LogP) is 4.02. The van der Waals surface area contributed by atoms with Crippen molar-refractivity contribution in [2.75, 3.05) is 0 Å². The summed E-state index contributed by atoms with van der Waals surface area (Å²) in [5.41, 5.74) is 1.14. The zero-order chi connectivity index (χ0) is 17.8. The zero-order valence-electron chi connectivity index (χ0n) is 13.0. The molecular weight excluding hydrogens is 410 g/mol. The van der Waals surface area contributed by atoms with Crippen molar-refractivity contribution < 1.29 is 9.34 Å². The number of thioether (sulfide) groups is 1. The highest BCUT2D eigenvalue weighted by Crippen LogP contribution is 2.23. The van der Waals surface area contributed by atoms with Gasteiger partial charge in [-0.3, -0.25) is 10.1 Å². The lowest BCUT2D eigenvalue weighted by molar-refractivity contribution is -0.402. The van der Waals surface area contributed by atoms with Gasteiger partial charge in [0.15, 0.2) is 11.6 Å². The van der Waals surface area contributed by atoms with E-state index in [0.29, 0.717) is 16.7 Å². The van der Waals surface area contributed by atoms with Crippen LogP contribution in [0.5, 0.6) is 0 Å². The van der Waals surface area contributed by atoms with Gasteiger partial charge >= 0.3 is 5.88 Å². The van der Waals surface area contributed by atoms with E-state index in [1.54, 1.807) is 11.6 Å². The van der Waals surface area contributed by atoms with Crippen molar-refractivity contribution >= 4 is 39.8 Å². The maximum Gasteiger partial charge on any atom is 0.433 e. The van der Waals surface area contributed by atoms with E-state index in [9.17, 15) is 10.1 Å². The standard InChI is InChI=1S/C15H12BrN5O3S/c1-10-18-19-15(25-9-11-2-4-12(16)5-3-11)20(10)17-8-13-6-7-14(24-13)21(22)23/h2-8H,9H2,1H3/b17-8+. The van der Waals surface area contributed by atoms with E-state index in [1.165, 1.54) is 30.1 Å². The molecule has 0 N–H and O–H groups in total. The molecule has 0 spiro atoms. The lowest BCUT2D eigenvalue weighted by Crippen LogP contribution is -1.96. The summed E-state index contributed by atoms with van der Waals surface area (Å²) < 4.78 is 7.64. The lowest BCUT2D eigenvalue weighted by Gasteiger charge is -2.02. The van der Waals surface area contributed by atoms with Gasteiger partial charge in [-0.2, -0.15) is 9.78 Å². The molecule has 8 nitrogen and oxygen atoms in total. The average Bonchev–Trinajstić information content (AvgIpc) is 3.20. The van der Waals surface area contributed by atoms with Crippen LogP contribution in [-0.2, 0) is 5.75 Å². The van der Waals surface area contributed by atoms with E-state index in [-0.39, 0.29) is 11.6 Å². The first-order chi connectivity index (χ1) is 12.0. The van der Waals surface area contributed by atoms with Crippen LogP contribution in [0.4, 0.5) is 5.88 Å². The smallest absolute Gasteiger partial charge is 0.400 e. The number of hydrogen-bond acceptors (Lipinski definition) is 7. The number of benzene rings is 1. The SMILES string of the molecule is Cc1nnc(SCc2ccc(Br)cc2)n1/N=C/c1ccc([N+](=O)[O-])o1. The number of furan rings is 1. The summed E-state index contributed by atoms with van der Waals surface area (Å²) in [7, 11) is 0. The molecule has 0 atom stereocenters. The summed E-state index contributed by atoms with van der Waals surface area (Å²) in [5, 5.41) is 23.6. The third-order valence-electron chi connectivity index (χ3n) is 3.14. The number of hydrogen-bond donors (Lipinski definition) is 0. The Morgan fingerprint density at radius 1 is 1.32 bits per heavy atom. The Morgan fingerprint density at radius 2 is 2.08 bits per heavy atom. The molecule has 0 aliphatic rings. The van der Waals surface area contributed by atoms with Crippen LogP contribution in [0, 0.1) is 17.0 Å². The monoisotopic (exact) mass is 421 g/mol. The third-order valence-corrected chi connectivity index (χ3v) is 4.66.